The standard InChI is InChI=1S/C15H14N6O3/c16-14(17)10-4-11(20-7-19-10)15(23)18-5-8-1-2-12-9(3-8)21-13(22)6-24-12/h1-4,7H,5-6H2,(H3,16,17)(H,18,23)(H,21,22). The number of hydrogen-bond donors (Lipinski definition) is 4. The zero-order chi connectivity index (χ0) is 17.1. The first-order valence-electron chi connectivity index (χ1n) is 7.03. The van der Waals surface area contributed by atoms with Gasteiger partial charge in [0.15, 0.2) is 6.61 Å². The first-order chi connectivity index (χ1) is 11.5. The van der Waals surface area contributed by atoms with Gasteiger partial charge in [0, 0.05) is 6.54 Å². The van der Waals surface area contributed by atoms with Crippen LogP contribution in [0.3, 0.4) is 0 Å². The maximum absolute atomic E-state index is 12.1. The number of nitrogen functional groups attached to an aromatic ring is 1. The summed E-state index contributed by atoms with van der Waals surface area (Å²) in [6, 6.07) is 6.60. The molecule has 0 bridgehead atoms. The Morgan fingerprint density at radius 2 is 2.12 bits per heavy atom. The van der Waals surface area contributed by atoms with E-state index in [4.69, 9.17) is 15.9 Å². The Bertz CT molecular complexity index is 836. The van der Waals surface area contributed by atoms with Gasteiger partial charge in [0.05, 0.1) is 5.69 Å². The van der Waals surface area contributed by atoms with Crippen molar-refractivity contribution in [2.75, 3.05) is 11.9 Å². The monoisotopic (exact) mass is 326 g/mol. The molecular formula is C15H14N6O3. The molecule has 2 aromatic rings. The van der Waals surface area contributed by atoms with Gasteiger partial charge < -0.3 is 21.1 Å². The molecule has 2 heterocycles. The van der Waals surface area contributed by atoms with E-state index in [0.29, 0.717) is 11.4 Å². The molecule has 1 aromatic heterocycles. The fourth-order valence-electron chi connectivity index (χ4n) is 2.14. The molecule has 3 rings (SSSR count). The number of anilines is 1. The lowest BCUT2D eigenvalue weighted by molar-refractivity contribution is -0.118. The van der Waals surface area contributed by atoms with Gasteiger partial charge in [-0.25, -0.2) is 9.97 Å². The quantitative estimate of drug-likeness (QED) is 0.461. The van der Waals surface area contributed by atoms with E-state index in [1.54, 1.807) is 18.2 Å². The summed E-state index contributed by atoms with van der Waals surface area (Å²) >= 11 is 0. The van der Waals surface area contributed by atoms with Crippen molar-refractivity contribution in [3.8, 4) is 5.75 Å². The molecular weight excluding hydrogens is 312 g/mol. The van der Waals surface area contributed by atoms with E-state index >= 15 is 0 Å². The molecule has 0 spiro atoms. The minimum Gasteiger partial charge on any atom is -0.482 e. The van der Waals surface area contributed by atoms with E-state index in [2.05, 4.69) is 20.6 Å². The summed E-state index contributed by atoms with van der Waals surface area (Å²) in [7, 11) is 0. The largest absolute Gasteiger partial charge is 0.482 e. The summed E-state index contributed by atoms with van der Waals surface area (Å²) in [5, 5.41) is 12.7. The number of nitrogens with zero attached hydrogens (tertiary/aromatic N) is 2. The van der Waals surface area contributed by atoms with E-state index in [1.807, 2.05) is 0 Å². The van der Waals surface area contributed by atoms with Crippen LogP contribution in [0.2, 0.25) is 0 Å². The fraction of sp³-hybridized carbons (Fsp3) is 0.133. The third-order valence-corrected chi connectivity index (χ3v) is 3.31. The van der Waals surface area contributed by atoms with Crippen molar-refractivity contribution < 1.29 is 14.3 Å². The second-order valence-corrected chi connectivity index (χ2v) is 5.05. The van der Waals surface area contributed by atoms with Crippen LogP contribution in [-0.4, -0.2) is 34.2 Å². The Kier molecular flexibility index (Phi) is 4.06. The highest BCUT2D eigenvalue weighted by atomic mass is 16.5. The predicted octanol–water partition coefficient (Wildman–Crippen LogP) is 0.0216. The average molecular weight is 326 g/mol. The molecule has 5 N–H and O–H groups in total. The summed E-state index contributed by atoms with van der Waals surface area (Å²) in [6.07, 6.45) is 1.18. The van der Waals surface area contributed by atoms with Crippen molar-refractivity contribution in [1.82, 2.24) is 15.3 Å². The van der Waals surface area contributed by atoms with Crippen LogP contribution in [0.25, 0.3) is 0 Å². The molecule has 0 saturated carbocycles. The van der Waals surface area contributed by atoms with Crippen molar-refractivity contribution >= 4 is 23.3 Å². The number of aromatic nitrogens is 2. The minimum absolute atomic E-state index is 0.00469. The zero-order valence-corrected chi connectivity index (χ0v) is 12.5. The number of hydrogen-bond acceptors (Lipinski definition) is 6. The third-order valence-electron chi connectivity index (χ3n) is 3.31. The van der Waals surface area contributed by atoms with Gasteiger partial charge >= 0.3 is 0 Å². The van der Waals surface area contributed by atoms with E-state index in [1.165, 1.54) is 12.4 Å². The van der Waals surface area contributed by atoms with Crippen LogP contribution in [0.5, 0.6) is 5.75 Å². The Balaban J connectivity index is 1.68. The Hall–Kier alpha value is -3.49. The number of carbonyl (C=O) groups excluding carboxylic acids is 2. The second-order valence-electron chi connectivity index (χ2n) is 5.05. The van der Waals surface area contributed by atoms with Gasteiger partial charge in [0.1, 0.15) is 29.3 Å². The molecule has 0 saturated heterocycles. The SMILES string of the molecule is N=C(N)c1cc(C(=O)NCc2ccc3c(c2)NC(=O)CO3)ncn1. The van der Waals surface area contributed by atoms with Gasteiger partial charge in [-0.2, -0.15) is 0 Å². The molecule has 1 aromatic carbocycles. The van der Waals surface area contributed by atoms with Crippen LogP contribution in [0.4, 0.5) is 5.69 Å². The highest BCUT2D eigenvalue weighted by Gasteiger charge is 2.16. The minimum atomic E-state index is -0.419. The van der Waals surface area contributed by atoms with Gasteiger partial charge in [-0.05, 0) is 23.8 Å². The zero-order valence-electron chi connectivity index (χ0n) is 12.5. The van der Waals surface area contributed by atoms with Crippen molar-refractivity contribution in [2.45, 2.75) is 6.54 Å². The van der Waals surface area contributed by atoms with Crippen LogP contribution in [0, 0.1) is 5.41 Å². The lowest BCUT2D eigenvalue weighted by atomic mass is 10.1. The van der Waals surface area contributed by atoms with Gasteiger partial charge in [-0.1, -0.05) is 6.07 Å². The van der Waals surface area contributed by atoms with Crippen molar-refractivity contribution in [3.05, 3.63) is 47.5 Å². The molecule has 1 aliphatic rings. The van der Waals surface area contributed by atoms with Crippen LogP contribution < -0.4 is 21.1 Å². The number of carbonyl (C=O) groups is 2. The summed E-state index contributed by atoms with van der Waals surface area (Å²) in [5.41, 5.74) is 6.99. The Labute approximate surface area is 136 Å². The molecule has 0 unspecified atom stereocenters. The van der Waals surface area contributed by atoms with E-state index in [9.17, 15) is 9.59 Å². The lowest BCUT2D eigenvalue weighted by Gasteiger charge is -2.18. The highest BCUT2D eigenvalue weighted by Crippen LogP contribution is 2.28. The van der Waals surface area contributed by atoms with E-state index in [0.717, 1.165) is 5.56 Å². The summed E-state index contributed by atoms with van der Waals surface area (Å²) in [5.74, 6) is -0.289. The van der Waals surface area contributed by atoms with Crippen molar-refractivity contribution in [1.29, 1.82) is 5.41 Å². The van der Waals surface area contributed by atoms with Crippen LogP contribution in [0.1, 0.15) is 21.7 Å². The van der Waals surface area contributed by atoms with E-state index in [-0.39, 0.29) is 36.3 Å². The molecule has 9 heteroatoms. The number of rotatable bonds is 4. The maximum Gasteiger partial charge on any atom is 0.270 e. The number of benzene rings is 1. The van der Waals surface area contributed by atoms with Crippen molar-refractivity contribution in [2.24, 2.45) is 5.73 Å². The first kappa shape index (κ1) is 15.4. The molecule has 2 amide bonds. The number of amides is 2. The highest BCUT2D eigenvalue weighted by molar-refractivity contribution is 5.97. The van der Waals surface area contributed by atoms with Crippen LogP contribution >= 0.6 is 0 Å². The smallest absolute Gasteiger partial charge is 0.270 e. The number of ether oxygens (including phenoxy) is 1. The van der Waals surface area contributed by atoms with Gasteiger partial charge in [0.2, 0.25) is 0 Å². The van der Waals surface area contributed by atoms with Crippen molar-refractivity contribution in [3.63, 3.8) is 0 Å². The predicted molar refractivity (Wildman–Crippen MR) is 84.8 cm³/mol. The van der Waals surface area contributed by atoms with E-state index < -0.39 is 5.91 Å². The third kappa shape index (κ3) is 3.29. The lowest BCUT2D eigenvalue weighted by Crippen LogP contribution is -2.26. The molecule has 0 radical (unpaired) electrons. The first-order valence-corrected chi connectivity index (χ1v) is 7.03. The van der Waals surface area contributed by atoms with Crippen LogP contribution in [-0.2, 0) is 11.3 Å². The average Bonchev–Trinajstić information content (AvgIpc) is 2.59. The van der Waals surface area contributed by atoms with Crippen LogP contribution in [0.15, 0.2) is 30.6 Å². The molecule has 24 heavy (non-hydrogen) atoms. The number of amidine groups is 1. The molecule has 1 aliphatic heterocycles. The number of nitrogens with one attached hydrogen (secondary N) is 3. The van der Waals surface area contributed by atoms with Gasteiger partial charge in [-0.3, -0.25) is 15.0 Å². The molecule has 0 aliphatic carbocycles. The van der Waals surface area contributed by atoms with Gasteiger partial charge in [0.25, 0.3) is 11.8 Å². The topological polar surface area (TPSA) is 143 Å². The molecule has 0 fully saturated rings. The molecule has 9 nitrogen and oxygen atoms in total. The summed E-state index contributed by atoms with van der Waals surface area (Å²) < 4.78 is 5.27. The summed E-state index contributed by atoms with van der Waals surface area (Å²) in [6.45, 7) is 0.233. The fourth-order valence-corrected chi connectivity index (χ4v) is 2.14. The molecule has 0 atom stereocenters. The molecule has 122 valence electrons. The number of fused-ring (bicyclic) bond motifs is 1. The Morgan fingerprint density at radius 1 is 1.33 bits per heavy atom. The number of nitrogens with two attached hydrogens (primary N) is 1. The normalized spacial score (nSPS) is 12.6. The maximum atomic E-state index is 12.1. The second kappa shape index (κ2) is 6.32. The Morgan fingerprint density at radius 3 is 2.92 bits per heavy atom. The summed E-state index contributed by atoms with van der Waals surface area (Å²) in [4.78, 5) is 31.1. The van der Waals surface area contributed by atoms with Gasteiger partial charge in [-0.15, -0.1) is 0 Å².